The molecule has 0 aromatic heterocycles. The predicted octanol–water partition coefficient (Wildman–Crippen LogP) is 1.86. The number of allylic oxidation sites excluding steroid dienone is 2. The molecule has 0 amide bonds. The first-order valence-electron chi connectivity index (χ1n) is 2.76. The number of nitrogens with one attached hydrogen (secondary N) is 1. The summed E-state index contributed by atoms with van der Waals surface area (Å²) in [5, 5.41) is 2.55. The van der Waals surface area contributed by atoms with Crippen LogP contribution in [-0.4, -0.2) is 11.9 Å². The zero-order valence-electron chi connectivity index (χ0n) is 5.02. The monoisotopic (exact) mass is 165 g/mol. The molecule has 1 aliphatic heterocycles. The molecule has 0 radical (unpaired) electrons. The van der Waals surface area contributed by atoms with Gasteiger partial charge in [-0.2, -0.15) is 0 Å². The van der Waals surface area contributed by atoms with Crippen LogP contribution in [0.3, 0.4) is 0 Å². The molecule has 0 aromatic rings. The van der Waals surface area contributed by atoms with Crippen molar-refractivity contribution in [1.82, 2.24) is 5.32 Å². The molecular formula is C6H6ClF2N. The average molecular weight is 166 g/mol. The second-order valence-electron chi connectivity index (χ2n) is 1.87. The molecule has 1 unspecified atom stereocenters. The lowest BCUT2D eigenvalue weighted by Crippen LogP contribution is -2.19. The van der Waals surface area contributed by atoms with Crippen molar-refractivity contribution in [2.45, 2.75) is 11.9 Å². The van der Waals surface area contributed by atoms with Gasteiger partial charge in [-0.1, -0.05) is 17.7 Å². The van der Waals surface area contributed by atoms with Crippen molar-refractivity contribution in [2.75, 3.05) is 0 Å². The SMILES string of the molecule is FC(F)C1=CNC(Cl)C=C1. The van der Waals surface area contributed by atoms with Gasteiger partial charge < -0.3 is 5.32 Å². The molecule has 1 atom stereocenters. The molecule has 1 rings (SSSR count). The second-order valence-corrected chi connectivity index (χ2v) is 2.34. The Morgan fingerprint density at radius 2 is 2.30 bits per heavy atom. The Morgan fingerprint density at radius 1 is 1.60 bits per heavy atom. The second kappa shape index (κ2) is 3.01. The van der Waals surface area contributed by atoms with Gasteiger partial charge in [-0.3, -0.25) is 0 Å². The first-order valence-corrected chi connectivity index (χ1v) is 3.20. The van der Waals surface area contributed by atoms with Crippen molar-refractivity contribution in [3.8, 4) is 0 Å². The Bertz CT molecular complexity index is 177. The Kier molecular flexibility index (Phi) is 2.27. The standard InChI is InChI=1S/C6H6ClF2N/c7-5-2-1-4(3-10-5)6(8)9/h1-3,5-6,10H. The number of alkyl halides is 3. The fourth-order valence-corrected chi connectivity index (χ4v) is 0.747. The quantitative estimate of drug-likeness (QED) is 0.462. The largest absolute Gasteiger partial charge is 0.372 e. The van der Waals surface area contributed by atoms with Gasteiger partial charge in [0.2, 0.25) is 0 Å². The molecule has 0 fully saturated rings. The van der Waals surface area contributed by atoms with E-state index in [1.165, 1.54) is 18.4 Å². The third-order valence-corrected chi connectivity index (χ3v) is 1.39. The minimum atomic E-state index is -2.42. The molecule has 0 saturated carbocycles. The van der Waals surface area contributed by atoms with Crippen molar-refractivity contribution >= 4 is 11.6 Å². The van der Waals surface area contributed by atoms with Crippen LogP contribution in [0.5, 0.6) is 0 Å². The molecule has 0 saturated heterocycles. The van der Waals surface area contributed by atoms with Crippen LogP contribution in [0.4, 0.5) is 8.78 Å². The molecule has 1 heterocycles. The zero-order chi connectivity index (χ0) is 7.56. The number of halogens is 3. The topological polar surface area (TPSA) is 12.0 Å². The summed E-state index contributed by atoms with van der Waals surface area (Å²) in [7, 11) is 0. The molecule has 10 heavy (non-hydrogen) atoms. The van der Waals surface area contributed by atoms with Gasteiger partial charge in [-0.15, -0.1) is 0 Å². The molecular weight excluding hydrogens is 160 g/mol. The van der Waals surface area contributed by atoms with Crippen molar-refractivity contribution in [3.05, 3.63) is 23.9 Å². The van der Waals surface area contributed by atoms with Crippen molar-refractivity contribution < 1.29 is 8.78 Å². The number of hydrogen-bond acceptors (Lipinski definition) is 1. The van der Waals surface area contributed by atoms with Crippen LogP contribution in [0.2, 0.25) is 0 Å². The van der Waals surface area contributed by atoms with Crippen LogP contribution in [0.1, 0.15) is 0 Å². The third kappa shape index (κ3) is 1.70. The van der Waals surface area contributed by atoms with E-state index >= 15 is 0 Å². The van der Waals surface area contributed by atoms with Gasteiger partial charge in [0.15, 0.2) is 0 Å². The third-order valence-electron chi connectivity index (χ3n) is 1.12. The zero-order valence-corrected chi connectivity index (χ0v) is 5.78. The highest BCUT2D eigenvalue weighted by molar-refractivity contribution is 6.21. The summed E-state index contributed by atoms with van der Waals surface area (Å²) in [4.78, 5) is 0. The van der Waals surface area contributed by atoms with Gasteiger partial charge in [-0.05, 0) is 6.08 Å². The summed E-state index contributed by atoms with van der Waals surface area (Å²) >= 11 is 5.50. The fraction of sp³-hybridized carbons (Fsp3) is 0.333. The Balaban J connectivity index is 2.59. The van der Waals surface area contributed by atoms with Gasteiger partial charge in [0.25, 0.3) is 6.43 Å². The van der Waals surface area contributed by atoms with Gasteiger partial charge in [0.1, 0.15) is 5.50 Å². The van der Waals surface area contributed by atoms with Gasteiger partial charge in [0.05, 0.1) is 0 Å². The van der Waals surface area contributed by atoms with Gasteiger partial charge in [-0.25, -0.2) is 8.78 Å². The lowest BCUT2D eigenvalue weighted by molar-refractivity contribution is 0.193. The average Bonchev–Trinajstić information content (AvgIpc) is 1.88. The van der Waals surface area contributed by atoms with Crippen LogP contribution in [0, 0.1) is 0 Å². The van der Waals surface area contributed by atoms with Crippen LogP contribution in [-0.2, 0) is 0 Å². The van der Waals surface area contributed by atoms with E-state index in [0.717, 1.165) is 0 Å². The van der Waals surface area contributed by atoms with Gasteiger partial charge in [0, 0.05) is 11.8 Å². The van der Waals surface area contributed by atoms with Crippen LogP contribution in [0.15, 0.2) is 23.9 Å². The van der Waals surface area contributed by atoms with Crippen molar-refractivity contribution in [2.24, 2.45) is 0 Å². The lowest BCUT2D eigenvalue weighted by Gasteiger charge is -2.11. The van der Waals surface area contributed by atoms with E-state index in [1.54, 1.807) is 0 Å². The Hall–Kier alpha value is -0.570. The molecule has 56 valence electrons. The van der Waals surface area contributed by atoms with E-state index in [9.17, 15) is 8.78 Å². The van der Waals surface area contributed by atoms with Crippen LogP contribution in [0.25, 0.3) is 0 Å². The van der Waals surface area contributed by atoms with E-state index < -0.39 is 6.43 Å². The first-order chi connectivity index (χ1) is 4.70. The fourth-order valence-electron chi connectivity index (χ4n) is 0.611. The summed E-state index contributed by atoms with van der Waals surface area (Å²) in [6.45, 7) is 0. The molecule has 1 aliphatic rings. The molecule has 0 bridgehead atoms. The summed E-state index contributed by atoms with van der Waals surface area (Å²) < 4.78 is 23.7. The van der Waals surface area contributed by atoms with Crippen molar-refractivity contribution in [1.29, 1.82) is 0 Å². The minimum Gasteiger partial charge on any atom is -0.372 e. The van der Waals surface area contributed by atoms with E-state index in [2.05, 4.69) is 5.32 Å². The molecule has 0 aromatic carbocycles. The van der Waals surface area contributed by atoms with Gasteiger partial charge >= 0.3 is 0 Å². The molecule has 1 nitrogen and oxygen atoms in total. The molecule has 0 aliphatic carbocycles. The van der Waals surface area contributed by atoms with E-state index in [0.29, 0.717) is 0 Å². The molecule has 4 heteroatoms. The first kappa shape index (κ1) is 7.54. The maximum Gasteiger partial charge on any atom is 0.265 e. The minimum absolute atomic E-state index is 0.0306. The highest BCUT2D eigenvalue weighted by atomic mass is 35.5. The van der Waals surface area contributed by atoms with E-state index in [1.807, 2.05) is 0 Å². The number of dihydropyridines is 1. The Labute approximate surface area is 62.4 Å². The summed E-state index contributed by atoms with van der Waals surface area (Å²) in [6, 6.07) is 0. The summed E-state index contributed by atoms with van der Waals surface area (Å²) in [5.74, 6) is 0. The van der Waals surface area contributed by atoms with Crippen LogP contribution < -0.4 is 5.32 Å². The smallest absolute Gasteiger partial charge is 0.265 e. The summed E-state index contributed by atoms with van der Waals surface area (Å²) in [6.07, 6.45) is 1.59. The maximum absolute atomic E-state index is 11.8. The molecule has 1 N–H and O–H groups in total. The number of rotatable bonds is 1. The normalized spacial score (nSPS) is 24.4. The maximum atomic E-state index is 11.8. The predicted molar refractivity (Wildman–Crippen MR) is 36.0 cm³/mol. The van der Waals surface area contributed by atoms with Crippen LogP contribution >= 0.6 is 11.6 Å². The van der Waals surface area contributed by atoms with E-state index in [4.69, 9.17) is 11.6 Å². The van der Waals surface area contributed by atoms with E-state index in [-0.39, 0.29) is 11.1 Å². The highest BCUT2D eigenvalue weighted by Crippen LogP contribution is 2.13. The highest BCUT2D eigenvalue weighted by Gasteiger charge is 2.11. The Morgan fingerprint density at radius 3 is 2.70 bits per heavy atom. The molecule has 0 spiro atoms. The lowest BCUT2D eigenvalue weighted by atomic mass is 10.2. The van der Waals surface area contributed by atoms with Crippen molar-refractivity contribution in [3.63, 3.8) is 0 Å². The summed E-state index contributed by atoms with van der Waals surface area (Å²) in [5.41, 5.74) is -0.389. The number of hydrogen-bond donors (Lipinski definition) is 1.